The Morgan fingerprint density at radius 1 is 1.43 bits per heavy atom. The molecule has 0 spiro atoms. The van der Waals surface area contributed by atoms with Gasteiger partial charge in [-0.2, -0.15) is 14.9 Å². The van der Waals surface area contributed by atoms with Gasteiger partial charge in [0.25, 0.3) is 0 Å². The van der Waals surface area contributed by atoms with Crippen LogP contribution in [0.15, 0.2) is 18.2 Å². The molecule has 1 aliphatic carbocycles. The maximum absolute atomic E-state index is 13.4. The Balaban J connectivity index is 1.90. The molecule has 4 nitrogen and oxygen atoms in total. The van der Waals surface area contributed by atoms with Crippen LogP contribution < -0.4 is 0 Å². The first-order valence-corrected chi connectivity index (χ1v) is 7.55. The number of fused-ring (bicyclic) bond motifs is 1. The summed E-state index contributed by atoms with van der Waals surface area (Å²) in [7, 11) is 0. The Bertz CT molecular complexity index is 898. The summed E-state index contributed by atoms with van der Waals surface area (Å²) < 4.78 is 15.0. The molecule has 1 aromatic carbocycles. The largest absolute Gasteiger partial charge is 0.216 e. The van der Waals surface area contributed by atoms with E-state index in [2.05, 4.69) is 16.2 Å². The summed E-state index contributed by atoms with van der Waals surface area (Å²) >= 11 is 1.54. The number of hydrogen-bond donors (Lipinski definition) is 0. The summed E-state index contributed by atoms with van der Waals surface area (Å²) in [5, 5.41) is 15.0. The van der Waals surface area contributed by atoms with E-state index in [0.717, 1.165) is 15.5 Å². The lowest BCUT2D eigenvalue weighted by atomic mass is 10.1. The third-order valence-electron chi connectivity index (χ3n) is 3.68. The molecule has 0 bridgehead atoms. The SMILES string of the molecule is Cc1cc(-c2nc3sc(C4CC4)nn3c2C#N)ccc1F. The van der Waals surface area contributed by atoms with Crippen molar-refractivity contribution >= 4 is 16.3 Å². The van der Waals surface area contributed by atoms with Crippen LogP contribution in [0.25, 0.3) is 16.2 Å². The summed E-state index contributed by atoms with van der Waals surface area (Å²) in [6.07, 6.45) is 2.34. The molecular formula is C15H11FN4S. The van der Waals surface area contributed by atoms with Crippen molar-refractivity contribution in [2.45, 2.75) is 25.7 Å². The fourth-order valence-corrected chi connectivity index (χ4v) is 3.42. The molecule has 0 radical (unpaired) electrons. The Labute approximate surface area is 124 Å². The third-order valence-corrected chi connectivity index (χ3v) is 4.75. The van der Waals surface area contributed by atoms with Gasteiger partial charge in [-0.15, -0.1) is 0 Å². The van der Waals surface area contributed by atoms with Crippen molar-refractivity contribution in [3.05, 3.63) is 40.3 Å². The molecule has 0 atom stereocenters. The lowest BCUT2D eigenvalue weighted by Crippen LogP contribution is -1.92. The Hall–Kier alpha value is -2.26. The van der Waals surface area contributed by atoms with Gasteiger partial charge in [-0.1, -0.05) is 11.3 Å². The summed E-state index contributed by atoms with van der Waals surface area (Å²) in [6.45, 7) is 1.70. The Morgan fingerprint density at radius 2 is 2.24 bits per heavy atom. The molecule has 0 unspecified atom stereocenters. The molecule has 2 aromatic heterocycles. The number of aryl methyl sites for hydroxylation is 1. The summed E-state index contributed by atoms with van der Waals surface area (Å²) in [4.78, 5) is 5.26. The minimum absolute atomic E-state index is 0.257. The summed E-state index contributed by atoms with van der Waals surface area (Å²) in [5.74, 6) is 0.284. The first-order valence-electron chi connectivity index (χ1n) is 6.73. The highest BCUT2D eigenvalue weighted by Crippen LogP contribution is 2.42. The van der Waals surface area contributed by atoms with E-state index in [9.17, 15) is 9.65 Å². The fraction of sp³-hybridized carbons (Fsp3) is 0.267. The molecule has 6 heteroatoms. The van der Waals surface area contributed by atoms with E-state index in [-0.39, 0.29) is 5.82 Å². The van der Waals surface area contributed by atoms with E-state index < -0.39 is 0 Å². The lowest BCUT2D eigenvalue weighted by Gasteiger charge is -2.01. The van der Waals surface area contributed by atoms with Gasteiger partial charge in [0.2, 0.25) is 4.96 Å². The Morgan fingerprint density at radius 3 is 2.90 bits per heavy atom. The summed E-state index contributed by atoms with van der Waals surface area (Å²) in [6, 6.07) is 6.94. The normalized spacial score (nSPS) is 14.5. The Kier molecular flexibility index (Phi) is 2.59. The van der Waals surface area contributed by atoms with E-state index in [4.69, 9.17) is 0 Å². The van der Waals surface area contributed by atoms with Crippen LogP contribution in [0.5, 0.6) is 0 Å². The molecule has 0 saturated heterocycles. The monoisotopic (exact) mass is 298 g/mol. The van der Waals surface area contributed by atoms with Crippen molar-refractivity contribution in [3.8, 4) is 17.3 Å². The molecule has 1 aliphatic rings. The van der Waals surface area contributed by atoms with Crippen molar-refractivity contribution in [1.29, 1.82) is 5.26 Å². The first kappa shape index (κ1) is 12.5. The molecule has 0 amide bonds. The molecule has 0 N–H and O–H groups in total. The van der Waals surface area contributed by atoms with E-state index in [1.54, 1.807) is 23.6 Å². The van der Waals surface area contributed by atoms with Crippen LogP contribution in [0.2, 0.25) is 0 Å². The van der Waals surface area contributed by atoms with Gasteiger partial charge < -0.3 is 0 Å². The van der Waals surface area contributed by atoms with Crippen molar-refractivity contribution in [2.75, 3.05) is 0 Å². The predicted molar refractivity (Wildman–Crippen MR) is 77.7 cm³/mol. The highest BCUT2D eigenvalue weighted by molar-refractivity contribution is 7.16. The van der Waals surface area contributed by atoms with Crippen LogP contribution >= 0.6 is 11.3 Å². The third kappa shape index (κ3) is 1.93. The smallest absolute Gasteiger partial charge is 0.214 e. The molecule has 104 valence electrons. The van der Waals surface area contributed by atoms with Gasteiger partial charge >= 0.3 is 0 Å². The van der Waals surface area contributed by atoms with Gasteiger partial charge in [-0.25, -0.2) is 9.37 Å². The second-order valence-corrected chi connectivity index (χ2v) is 6.28. The van der Waals surface area contributed by atoms with Gasteiger partial charge in [0, 0.05) is 11.5 Å². The second kappa shape index (κ2) is 4.37. The summed E-state index contributed by atoms with van der Waals surface area (Å²) in [5.41, 5.74) is 2.27. The van der Waals surface area contributed by atoms with E-state index in [0.29, 0.717) is 22.9 Å². The zero-order valence-electron chi connectivity index (χ0n) is 11.3. The van der Waals surface area contributed by atoms with Crippen LogP contribution in [-0.4, -0.2) is 14.6 Å². The highest BCUT2D eigenvalue weighted by atomic mass is 32.1. The minimum Gasteiger partial charge on any atom is -0.216 e. The maximum Gasteiger partial charge on any atom is 0.214 e. The quantitative estimate of drug-likeness (QED) is 0.725. The molecule has 1 saturated carbocycles. The van der Waals surface area contributed by atoms with Gasteiger partial charge in [-0.3, -0.25) is 0 Å². The second-order valence-electron chi connectivity index (χ2n) is 5.29. The van der Waals surface area contributed by atoms with Crippen LogP contribution in [0, 0.1) is 24.1 Å². The number of rotatable bonds is 2. The van der Waals surface area contributed by atoms with Gasteiger partial charge in [0.05, 0.1) is 0 Å². The van der Waals surface area contributed by atoms with Crippen molar-refractivity contribution in [3.63, 3.8) is 0 Å². The lowest BCUT2D eigenvalue weighted by molar-refractivity contribution is 0.619. The van der Waals surface area contributed by atoms with Crippen molar-refractivity contribution in [1.82, 2.24) is 14.6 Å². The maximum atomic E-state index is 13.4. The average molecular weight is 298 g/mol. The first-order chi connectivity index (χ1) is 10.2. The van der Waals surface area contributed by atoms with E-state index in [1.165, 1.54) is 30.2 Å². The number of hydrogen-bond acceptors (Lipinski definition) is 4. The van der Waals surface area contributed by atoms with Crippen LogP contribution in [0.3, 0.4) is 0 Å². The number of nitriles is 1. The standard InChI is InChI=1S/C15H11FN4S/c1-8-6-10(4-5-11(8)16)13-12(7-17)20-15(18-13)21-14(19-20)9-2-3-9/h4-6,9H,2-3H2,1H3. The van der Waals surface area contributed by atoms with Crippen LogP contribution in [-0.2, 0) is 0 Å². The zero-order chi connectivity index (χ0) is 14.6. The van der Waals surface area contributed by atoms with E-state index >= 15 is 0 Å². The van der Waals surface area contributed by atoms with Gasteiger partial charge in [-0.05, 0) is 43.5 Å². The molecule has 0 aliphatic heterocycles. The van der Waals surface area contributed by atoms with Crippen molar-refractivity contribution < 1.29 is 4.39 Å². The number of aromatic nitrogens is 3. The van der Waals surface area contributed by atoms with Gasteiger partial charge in [0.1, 0.15) is 22.6 Å². The number of nitrogens with zero attached hydrogens (tertiary/aromatic N) is 4. The van der Waals surface area contributed by atoms with E-state index in [1.807, 2.05) is 0 Å². The molecule has 2 heterocycles. The molecule has 4 rings (SSSR count). The fourth-order valence-electron chi connectivity index (χ4n) is 2.35. The van der Waals surface area contributed by atoms with Crippen LogP contribution in [0.1, 0.15) is 35.0 Å². The molecular weight excluding hydrogens is 287 g/mol. The van der Waals surface area contributed by atoms with Crippen LogP contribution in [0.4, 0.5) is 4.39 Å². The van der Waals surface area contributed by atoms with Crippen molar-refractivity contribution in [2.24, 2.45) is 0 Å². The number of imidazole rings is 1. The topological polar surface area (TPSA) is 54.0 Å². The highest BCUT2D eigenvalue weighted by Gasteiger charge is 2.29. The van der Waals surface area contributed by atoms with Gasteiger partial charge in [0.15, 0.2) is 5.69 Å². The molecule has 3 aromatic rings. The average Bonchev–Trinajstić information content (AvgIpc) is 3.15. The number of halogens is 1. The predicted octanol–water partition coefficient (Wildman–Crippen LogP) is 3.65. The molecule has 21 heavy (non-hydrogen) atoms. The zero-order valence-corrected chi connectivity index (χ0v) is 12.1. The minimum atomic E-state index is -0.257. The molecule has 1 fully saturated rings. The number of benzene rings is 1.